The molecule has 52 heavy (non-hydrogen) atoms. The van der Waals surface area contributed by atoms with Crippen molar-refractivity contribution in [2.75, 3.05) is 10.6 Å². The van der Waals surface area contributed by atoms with Gasteiger partial charge >= 0.3 is 0 Å². The van der Waals surface area contributed by atoms with Gasteiger partial charge in [-0.05, 0) is 108 Å². The lowest BCUT2D eigenvalue weighted by Crippen LogP contribution is -2.10. The van der Waals surface area contributed by atoms with E-state index in [1.807, 2.05) is 12.1 Å². The molecule has 2 N–H and O–H groups in total. The highest BCUT2D eigenvalue weighted by molar-refractivity contribution is 6.12. The van der Waals surface area contributed by atoms with E-state index in [4.69, 9.17) is 5.73 Å². The molecule has 2 aromatic heterocycles. The molecular formula is C48H34N4. The van der Waals surface area contributed by atoms with Gasteiger partial charge in [-0.1, -0.05) is 97.1 Å². The Kier molecular flexibility index (Phi) is 6.93. The average Bonchev–Trinajstić information content (AvgIpc) is 3.72. The van der Waals surface area contributed by atoms with Crippen LogP contribution in [0.2, 0.25) is 0 Å². The summed E-state index contributed by atoms with van der Waals surface area (Å²) in [5.74, 6) is 0. The van der Waals surface area contributed by atoms with Crippen molar-refractivity contribution in [3.05, 3.63) is 194 Å². The monoisotopic (exact) mass is 666 g/mol. The fraction of sp³-hybridized carbons (Fsp3) is 0. The van der Waals surface area contributed by atoms with Crippen LogP contribution >= 0.6 is 0 Å². The van der Waals surface area contributed by atoms with Gasteiger partial charge in [-0.3, -0.25) is 0 Å². The number of nitrogen functional groups attached to an aromatic ring is 1. The first-order chi connectivity index (χ1) is 25.7. The number of nitrogens with zero attached hydrogens (tertiary/aromatic N) is 3. The predicted octanol–water partition coefficient (Wildman–Crippen LogP) is 12.6. The van der Waals surface area contributed by atoms with Gasteiger partial charge in [0.2, 0.25) is 0 Å². The molecule has 0 atom stereocenters. The highest BCUT2D eigenvalue weighted by Crippen LogP contribution is 2.42. The summed E-state index contributed by atoms with van der Waals surface area (Å²) in [4.78, 5) is 2.38. The standard InChI is InChI=1S/C48H34N4/c49-35-23-19-33(20-24-35)34-21-25-38(26-22-34)50(39-27-29-47-43(31-39)41-15-7-9-17-45(41)51(47)36-11-3-1-4-12-36)40-28-30-48-44(32-40)42-16-8-10-18-46(42)52(48)37-13-5-2-6-14-37/h1-32H,49H2. The number of rotatable bonds is 6. The van der Waals surface area contributed by atoms with Crippen molar-refractivity contribution in [3.63, 3.8) is 0 Å². The second-order valence-electron chi connectivity index (χ2n) is 13.3. The van der Waals surface area contributed by atoms with Gasteiger partial charge in [0.15, 0.2) is 0 Å². The van der Waals surface area contributed by atoms with Crippen LogP contribution < -0.4 is 10.6 Å². The molecule has 0 bridgehead atoms. The number of nitrogens with two attached hydrogens (primary N) is 1. The fourth-order valence-corrected chi connectivity index (χ4v) is 7.84. The lowest BCUT2D eigenvalue weighted by Gasteiger charge is -2.26. The number of fused-ring (bicyclic) bond motifs is 6. The molecule has 8 aromatic carbocycles. The molecule has 10 rings (SSSR count). The molecule has 0 aliphatic carbocycles. The number of benzene rings is 8. The van der Waals surface area contributed by atoms with Gasteiger partial charge in [0.05, 0.1) is 22.1 Å². The van der Waals surface area contributed by atoms with Gasteiger partial charge in [0.25, 0.3) is 0 Å². The first kappa shape index (κ1) is 29.8. The molecule has 0 fully saturated rings. The van der Waals surface area contributed by atoms with E-state index >= 15 is 0 Å². The smallest absolute Gasteiger partial charge is 0.0542 e. The van der Waals surface area contributed by atoms with Gasteiger partial charge < -0.3 is 19.8 Å². The van der Waals surface area contributed by atoms with Gasteiger partial charge in [0, 0.05) is 55.7 Å². The summed E-state index contributed by atoms with van der Waals surface area (Å²) in [6, 6.07) is 69.3. The molecule has 0 spiro atoms. The Labute approximate surface area is 301 Å². The second-order valence-corrected chi connectivity index (χ2v) is 13.3. The van der Waals surface area contributed by atoms with Crippen molar-refractivity contribution < 1.29 is 0 Å². The summed E-state index contributed by atoms with van der Waals surface area (Å²) in [7, 11) is 0. The Balaban J connectivity index is 1.19. The van der Waals surface area contributed by atoms with Gasteiger partial charge in [-0.25, -0.2) is 0 Å². The number of para-hydroxylation sites is 4. The predicted molar refractivity (Wildman–Crippen MR) is 220 cm³/mol. The summed E-state index contributed by atoms with van der Waals surface area (Å²) in [6.07, 6.45) is 0. The highest BCUT2D eigenvalue weighted by Gasteiger charge is 2.20. The summed E-state index contributed by atoms with van der Waals surface area (Å²) in [6.45, 7) is 0. The molecule has 0 saturated carbocycles. The Morgan fingerprint density at radius 2 is 0.712 bits per heavy atom. The van der Waals surface area contributed by atoms with E-state index < -0.39 is 0 Å². The minimum atomic E-state index is 0.763. The lowest BCUT2D eigenvalue weighted by atomic mass is 10.0. The van der Waals surface area contributed by atoms with Gasteiger partial charge in [0.1, 0.15) is 0 Å². The zero-order chi connectivity index (χ0) is 34.6. The van der Waals surface area contributed by atoms with E-state index in [-0.39, 0.29) is 0 Å². The molecule has 0 unspecified atom stereocenters. The summed E-state index contributed by atoms with van der Waals surface area (Å²) < 4.78 is 4.73. The van der Waals surface area contributed by atoms with E-state index in [9.17, 15) is 0 Å². The van der Waals surface area contributed by atoms with Crippen LogP contribution in [-0.4, -0.2) is 9.13 Å². The van der Waals surface area contributed by atoms with Crippen LogP contribution in [0, 0.1) is 0 Å². The average molecular weight is 667 g/mol. The maximum absolute atomic E-state index is 6.00. The van der Waals surface area contributed by atoms with Crippen molar-refractivity contribution in [1.82, 2.24) is 9.13 Å². The Morgan fingerprint density at radius 3 is 1.19 bits per heavy atom. The molecule has 2 heterocycles. The van der Waals surface area contributed by atoms with E-state index in [0.29, 0.717) is 0 Å². The third kappa shape index (κ3) is 4.84. The van der Waals surface area contributed by atoms with Crippen LogP contribution in [0.5, 0.6) is 0 Å². The number of hydrogen-bond acceptors (Lipinski definition) is 2. The molecule has 0 aliphatic rings. The zero-order valence-electron chi connectivity index (χ0n) is 28.4. The highest BCUT2D eigenvalue weighted by atomic mass is 15.1. The van der Waals surface area contributed by atoms with E-state index in [0.717, 1.165) is 45.3 Å². The quantitative estimate of drug-likeness (QED) is 0.179. The molecule has 0 radical (unpaired) electrons. The summed E-state index contributed by atoms with van der Waals surface area (Å²) in [5.41, 5.74) is 19.3. The maximum Gasteiger partial charge on any atom is 0.0542 e. The maximum atomic E-state index is 6.00. The molecule has 0 saturated heterocycles. The van der Waals surface area contributed by atoms with Crippen molar-refractivity contribution >= 4 is 66.4 Å². The summed E-state index contributed by atoms with van der Waals surface area (Å²) >= 11 is 0. The van der Waals surface area contributed by atoms with Crippen LogP contribution in [0.15, 0.2) is 194 Å². The van der Waals surface area contributed by atoms with Crippen LogP contribution in [0.4, 0.5) is 22.7 Å². The van der Waals surface area contributed by atoms with Gasteiger partial charge in [-0.15, -0.1) is 0 Å². The van der Waals surface area contributed by atoms with Crippen molar-refractivity contribution in [1.29, 1.82) is 0 Å². The van der Waals surface area contributed by atoms with Gasteiger partial charge in [-0.2, -0.15) is 0 Å². The zero-order valence-corrected chi connectivity index (χ0v) is 28.4. The molecule has 4 nitrogen and oxygen atoms in total. The number of anilines is 4. The normalized spacial score (nSPS) is 11.5. The molecule has 0 aliphatic heterocycles. The number of hydrogen-bond donors (Lipinski definition) is 1. The van der Waals surface area contributed by atoms with E-state index in [1.165, 1.54) is 43.6 Å². The van der Waals surface area contributed by atoms with Crippen molar-refractivity contribution in [3.8, 4) is 22.5 Å². The van der Waals surface area contributed by atoms with Crippen molar-refractivity contribution in [2.45, 2.75) is 0 Å². The first-order valence-corrected chi connectivity index (χ1v) is 17.6. The van der Waals surface area contributed by atoms with E-state index in [1.54, 1.807) is 0 Å². The third-order valence-electron chi connectivity index (χ3n) is 10.2. The SMILES string of the molecule is Nc1ccc(-c2ccc(N(c3ccc4c(c3)c3ccccc3n4-c3ccccc3)c3ccc4c(c3)c3ccccc3n4-c3ccccc3)cc2)cc1. The van der Waals surface area contributed by atoms with Crippen LogP contribution in [-0.2, 0) is 0 Å². The second kappa shape index (κ2) is 12.1. The molecule has 0 amide bonds. The number of aromatic nitrogens is 2. The Morgan fingerprint density at radius 1 is 0.327 bits per heavy atom. The topological polar surface area (TPSA) is 39.1 Å². The Bertz CT molecular complexity index is 2730. The largest absolute Gasteiger partial charge is 0.399 e. The van der Waals surface area contributed by atoms with Crippen LogP contribution in [0.3, 0.4) is 0 Å². The minimum Gasteiger partial charge on any atom is -0.399 e. The lowest BCUT2D eigenvalue weighted by molar-refractivity contribution is 1.18. The van der Waals surface area contributed by atoms with E-state index in [2.05, 4.69) is 196 Å². The molecular weight excluding hydrogens is 633 g/mol. The third-order valence-corrected chi connectivity index (χ3v) is 10.2. The minimum absolute atomic E-state index is 0.763. The first-order valence-electron chi connectivity index (χ1n) is 17.6. The summed E-state index contributed by atoms with van der Waals surface area (Å²) in [5, 5.41) is 4.87. The molecule has 246 valence electrons. The van der Waals surface area contributed by atoms with Crippen LogP contribution in [0.1, 0.15) is 0 Å². The fourth-order valence-electron chi connectivity index (χ4n) is 7.84. The molecule has 10 aromatic rings. The molecule has 4 heteroatoms. The van der Waals surface area contributed by atoms with Crippen molar-refractivity contribution in [2.24, 2.45) is 0 Å². The Hall–Kier alpha value is -7.04. The van der Waals surface area contributed by atoms with Crippen LogP contribution in [0.25, 0.3) is 66.1 Å².